The van der Waals surface area contributed by atoms with E-state index in [0.717, 1.165) is 22.3 Å². The molecule has 132 heavy (non-hydrogen) atoms. The van der Waals surface area contributed by atoms with Crippen LogP contribution < -0.4 is 0 Å². The molecule has 0 aliphatic carbocycles. The minimum absolute atomic E-state index is 1.15. The van der Waals surface area contributed by atoms with Crippen LogP contribution in [0.3, 0.4) is 0 Å². The van der Waals surface area contributed by atoms with Gasteiger partial charge in [0.1, 0.15) is 0 Å². The second-order valence-corrected chi connectivity index (χ2v) is 33.4. The van der Waals surface area contributed by atoms with Crippen molar-refractivity contribution in [2.75, 3.05) is 0 Å². The molecule has 0 saturated heterocycles. The van der Waals surface area contributed by atoms with Gasteiger partial charge in [-0.15, -0.1) is 0 Å². The van der Waals surface area contributed by atoms with E-state index in [2.05, 4.69) is 558 Å². The molecule has 0 bridgehead atoms. The Bertz CT molecular complexity index is 6730. The minimum Gasteiger partial charge on any atom is -0.0622 e. The summed E-state index contributed by atoms with van der Waals surface area (Å²) < 4.78 is 0. The molecular formula is C132H92. The minimum atomic E-state index is 1.15. The van der Waals surface area contributed by atoms with Gasteiger partial charge in [-0.2, -0.15) is 0 Å². The van der Waals surface area contributed by atoms with Crippen LogP contribution >= 0.6 is 0 Å². The van der Waals surface area contributed by atoms with Crippen molar-refractivity contribution in [3.63, 3.8) is 0 Å². The lowest BCUT2D eigenvalue weighted by atomic mass is 9.78. The van der Waals surface area contributed by atoms with Crippen LogP contribution in [-0.2, 0) is 0 Å². The number of rotatable bonds is 20. The summed E-state index contributed by atoms with van der Waals surface area (Å²) in [6.45, 7) is 0. The highest BCUT2D eigenvalue weighted by atomic mass is 14.3. The summed E-state index contributed by atoms with van der Waals surface area (Å²) >= 11 is 0. The maximum atomic E-state index is 2.44. The van der Waals surface area contributed by atoms with E-state index < -0.39 is 0 Å². The van der Waals surface area contributed by atoms with Crippen molar-refractivity contribution in [3.05, 3.63) is 558 Å². The van der Waals surface area contributed by atoms with Crippen molar-refractivity contribution < 1.29 is 0 Å². The molecule has 0 N–H and O–H groups in total. The molecule has 0 amide bonds. The standard InChI is InChI=1S/2C66H46/c2*1-9-25-47(26-10-1)57-45-59(63(53-33-17-5-18-34-53)65(55-37-21-7-22-38-55)61(57)51-29-13-3-14-30-51)49-41-43-50(44-42-49)60-46-58(48-27-11-2-12-28-48)62(52-31-15-4-16-32-52)66(56-39-23-8-24-40-56)64(60)54-35-19-6-20-36-54/h2*1-46H. The first-order valence-electron chi connectivity index (χ1n) is 45.5. The molecule has 0 saturated carbocycles. The quantitative estimate of drug-likeness (QED) is 0.0713. The van der Waals surface area contributed by atoms with E-state index in [9.17, 15) is 0 Å². The van der Waals surface area contributed by atoms with E-state index >= 15 is 0 Å². The molecule has 620 valence electrons. The Kier molecular flexibility index (Phi) is 23.7. The first-order chi connectivity index (χ1) is 65.6. The van der Waals surface area contributed by atoms with Crippen LogP contribution in [0.4, 0.5) is 0 Å². The first-order valence-corrected chi connectivity index (χ1v) is 45.5. The molecule has 0 aromatic heterocycles. The Morgan fingerprint density at radius 1 is 0.0606 bits per heavy atom. The first kappa shape index (κ1) is 81.9. The Morgan fingerprint density at radius 2 is 0.136 bits per heavy atom. The van der Waals surface area contributed by atoms with Gasteiger partial charge in [0.05, 0.1) is 0 Å². The second kappa shape index (κ2) is 38.2. The molecule has 22 aromatic rings. The highest BCUT2D eigenvalue weighted by molar-refractivity contribution is 6.13. The summed E-state index contributed by atoms with van der Waals surface area (Å²) in [6.07, 6.45) is 0. The zero-order valence-electron chi connectivity index (χ0n) is 73.1. The molecule has 0 spiro atoms. The van der Waals surface area contributed by atoms with E-state index in [1.165, 1.54) is 200 Å². The topological polar surface area (TPSA) is 0 Å². The van der Waals surface area contributed by atoms with E-state index in [0.29, 0.717) is 0 Å². The van der Waals surface area contributed by atoms with Crippen molar-refractivity contribution in [1.82, 2.24) is 0 Å². The maximum absolute atomic E-state index is 2.44. The van der Waals surface area contributed by atoms with E-state index in [1.54, 1.807) is 0 Å². The Hall–Kier alpha value is -17.2. The normalized spacial score (nSPS) is 11.0. The third kappa shape index (κ3) is 16.7. The molecule has 0 atom stereocenters. The summed E-state index contributed by atoms with van der Waals surface area (Å²) in [5.41, 5.74) is 47.6. The Labute approximate surface area is 775 Å². The summed E-state index contributed by atoms with van der Waals surface area (Å²) in [5.74, 6) is 0. The third-order valence-corrected chi connectivity index (χ3v) is 25.4. The van der Waals surface area contributed by atoms with Crippen molar-refractivity contribution >= 4 is 0 Å². The maximum Gasteiger partial charge on any atom is -0.00143 e. The molecule has 0 unspecified atom stereocenters. The van der Waals surface area contributed by atoms with Gasteiger partial charge in [0.15, 0.2) is 0 Å². The molecule has 0 fully saturated rings. The molecule has 0 aliphatic rings. The van der Waals surface area contributed by atoms with Crippen molar-refractivity contribution in [1.29, 1.82) is 0 Å². The fourth-order valence-corrected chi connectivity index (χ4v) is 19.5. The van der Waals surface area contributed by atoms with Gasteiger partial charge in [-0.1, -0.05) is 534 Å². The van der Waals surface area contributed by atoms with Crippen LogP contribution in [0.2, 0.25) is 0 Å². The van der Waals surface area contributed by atoms with Gasteiger partial charge < -0.3 is 0 Å². The van der Waals surface area contributed by atoms with Gasteiger partial charge in [0.25, 0.3) is 0 Å². The molecule has 22 rings (SSSR count). The van der Waals surface area contributed by atoms with Gasteiger partial charge in [-0.3, -0.25) is 0 Å². The highest BCUT2D eigenvalue weighted by Crippen LogP contribution is 2.57. The monoisotopic (exact) mass is 1680 g/mol. The van der Waals surface area contributed by atoms with E-state index in [4.69, 9.17) is 0 Å². The van der Waals surface area contributed by atoms with Crippen molar-refractivity contribution in [2.45, 2.75) is 0 Å². The Morgan fingerprint density at radius 3 is 0.235 bits per heavy atom. The molecule has 0 radical (unpaired) electrons. The Balaban J connectivity index is 0.000000159. The average molecular weight is 1680 g/mol. The van der Waals surface area contributed by atoms with Crippen LogP contribution in [0.1, 0.15) is 0 Å². The van der Waals surface area contributed by atoms with Crippen LogP contribution in [-0.4, -0.2) is 0 Å². The van der Waals surface area contributed by atoms with Crippen LogP contribution in [0, 0.1) is 0 Å². The van der Waals surface area contributed by atoms with Crippen molar-refractivity contribution in [2.24, 2.45) is 0 Å². The van der Waals surface area contributed by atoms with Gasteiger partial charge >= 0.3 is 0 Å². The number of hydrogen-bond donors (Lipinski definition) is 0. The van der Waals surface area contributed by atoms with Gasteiger partial charge in [-0.05, 0) is 247 Å². The van der Waals surface area contributed by atoms with Gasteiger partial charge in [0, 0.05) is 0 Å². The predicted octanol–water partition coefficient (Wildman–Crippen LogP) is 36.7. The fourth-order valence-electron chi connectivity index (χ4n) is 19.5. The summed E-state index contributed by atoms with van der Waals surface area (Å²) in [6, 6.07) is 203. The van der Waals surface area contributed by atoms with E-state index in [-0.39, 0.29) is 0 Å². The smallest absolute Gasteiger partial charge is 0.00143 e. The predicted molar refractivity (Wildman–Crippen MR) is 562 cm³/mol. The SMILES string of the molecule is c1ccc(-c2cc(-c3ccc(-c4cc(-c5ccccc5)c(-c5ccccc5)c(-c5ccccc5)c4-c4ccccc4)cc3)c(-c3ccccc3)c(-c3ccccc3)c2-c2ccccc2)cc1.c1ccc(-c2cc(-c3ccc(-c4cc(-c5ccccc5)c(-c5ccccc5)c(-c5ccccc5)c4-c4ccccc4)cc3)c(-c3ccccc3)c(-c3ccccc3)c2-c2ccccc2)cc1. The zero-order chi connectivity index (χ0) is 88.1. The van der Waals surface area contributed by atoms with Crippen molar-refractivity contribution in [3.8, 4) is 223 Å². The lowest BCUT2D eigenvalue weighted by molar-refractivity contribution is 1.51. The average Bonchev–Trinajstić information content (AvgIpc) is 0.743. The van der Waals surface area contributed by atoms with Gasteiger partial charge in [-0.25, -0.2) is 0 Å². The molecule has 0 heterocycles. The van der Waals surface area contributed by atoms with E-state index in [1.807, 2.05) is 0 Å². The summed E-state index contributed by atoms with van der Waals surface area (Å²) in [5, 5.41) is 0. The summed E-state index contributed by atoms with van der Waals surface area (Å²) in [4.78, 5) is 0. The summed E-state index contributed by atoms with van der Waals surface area (Å²) in [7, 11) is 0. The third-order valence-electron chi connectivity index (χ3n) is 25.4. The second-order valence-electron chi connectivity index (χ2n) is 33.4. The lowest BCUT2D eigenvalue weighted by Crippen LogP contribution is -1.99. The molecule has 22 aromatic carbocycles. The molecule has 0 heteroatoms. The highest BCUT2D eigenvalue weighted by Gasteiger charge is 2.30. The molecule has 0 nitrogen and oxygen atoms in total. The zero-order valence-corrected chi connectivity index (χ0v) is 73.1. The number of hydrogen-bond acceptors (Lipinski definition) is 0. The molecular weight excluding hydrogens is 1590 g/mol. The van der Waals surface area contributed by atoms with Crippen LogP contribution in [0.25, 0.3) is 223 Å². The lowest BCUT2D eigenvalue weighted by Gasteiger charge is -2.25. The van der Waals surface area contributed by atoms with Crippen LogP contribution in [0.5, 0.6) is 0 Å². The fraction of sp³-hybridized carbons (Fsp3) is 0. The van der Waals surface area contributed by atoms with Crippen LogP contribution in [0.15, 0.2) is 558 Å². The number of benzene rings is 22. The van der Waals surface area contributed by atoms with Gasteiger partial charge in [0.2, 0.25) is 0 Å². The molecule has 0 aliphatic heterocycles. The largest absolute Gasteiger partial charge is 0.0622 e.